The van der Waals surface area contributed by atoms with Crippen LogP contribution in [0.4, 0.5) is 5.00 Å². The number of rotatable bonds is 4. The minimum atomic E-state index is -0.489. The summed E-state index contributed by atoms with van der Waals surface area (Å²) in [5.41, 5.74) is 2.74. The molecule has 1 N–H and O–H groups in total. The predicted molar refractivity (Wildman–Crippen MR) is 91.7 cm³/mol. The number of fused-ring (bicyclic) bond motifs is 1. The Morgan fingerprint density at radius 1 is 1.38 bits per heavy atom. The molecule has 0 aliphatic heterocycles. The molecule has 0 fully saturated rings. The third kappa shape index (κ3) is 3.00. The van der Waals surface area contributed by atoms with E-state index in [-0.39, 0.29) is 12.2 Å². The highest BCUT2D eigenvalue weighted by molar-refractivity contribution is 7.10. The first-order valence-electron chi connectivity index (χ1n) is 7.29. The molecule has 0 aliphatic rings. The van der Waals surface area contributed by atoms with Crippen molar-refractivity contribution in [3.05, 3.63) is 57.3 Å². The van der Waals surface area contributed by atoms with Gasteiger partial charge in [-0.05, 0) is 43.1 Å². The van der Waals surface area contributed by atoms with Crippen LogP contribution in [0.25, 0.3) is 5.65 Å². The Labute approximate surface area is 142 Å². The molecule has 8 heteroatoms. The zero-order valence-electron chi connectivity index (χ0n) is 13.5. The maximum absolute atomic E-state index is 12.3. The molecular weight excluding hydrogens is 328 g/mol. The quantitative estimate of drug-likeness (QED) is 0.730. The van der Waals surface area contributed by atoms with Crippen molar-refractivity contribution < 1.29 is 9.53 Å². The number of carbonyl (C=O) groups excluding carboxylic acids is 1. The van der Waals surface area contributed by atoms with Crippen molar-refractivity contribution in [3.8, 4) is 0 Å². The number of nitrogens with zero attached hydrogens (tertiary/aromatic N) is 3. The van der Waals surface area contributed by atoms with Gasteiger partial charge in [-0.15, -0.1) is 0 Å². The lowest BCUT2D eigenvalue weighted by Crippen LogP contribution is -2.17. The van der Waals surface area contributed by atoms with Gasteiger partial charge in [0, 0.05) is 19.3 Å². The number of nitrogens with one attached hydrogen (secondary N) is 1. The van der Waals surface area contributed by atoms with Gasteiger partial charge in [0.1, 0.15) is 22.8 Å². The van der Waals surface area contributed by atoms with Gasteiger partial charge in [0.2, 0.25) is 0 Å². The number of hydrogen-bond donors (Lipinski definition) is 1. The van der Waals surface area contributed by atoms with Gasteiger partial charge in [0.25, 0.3) is 5.56 Å². The second-order valence-electron chi connectivity index (χ2n) is 5.32. The van der Waals surface area contributed by atoms with E-state index in [2.05, 4.69) is 14.7 Å². The fourth-order valence-electron chi connectivity index (χ4n) is 2.32. The third-order valence-electron chi connectivity index (χ3n) is 3.52. The van der Waals surface area contributed by atoms with Crippen molar-refractivity contribution >= 4 is 28.2 Å². The van der Waals surface area contributed by atoms with E-state index in [1.807, 2.05) is 13.0 Å². The van der Waals surface area contributed by atoms with Crippen LogP contribution in [-0.4, -0.2) is 26.8 Å². The largest absolute Gasteiger partial charge is 0.455 e. The first kappa shape index (κ1) is 16.1. The molecule has 0 saturated heterocycles. The zero-order valence-corrected chi connectivity index (χ0v) is 14.3. The van der Waals surface area contributed by atoms with E-state index < -0.39 is 5.97 Å². The van der Waals surface area contributed by atoms with E-state index in [9.17, 15) is 9.59 Å². The Bertz CT molecular complexity index is 977. The van der Waals surface area contributed by atoms with Crippen molar-refractivity contribution in [2.24, 2.45) is 0 Å². The van der Waals surface area contributed by atoms with E-state index in [4.69, 9.17) is 4.74 Å². The summed E-state index contributed by atoms with van der Waals surface area (Å²) >= 11 is 1.20. The van der Waals surface area contributed by atoms with Gasteiger partial charge in [0.15, 0.2) is 0 Å². The van der Waals surface area contributed by atoms with Crippen molar-refractivity contribution in [1.82, 2.24) is 13.8 Å². The van der Waals surface area contributed by atoms with Gasteiger partial charge in [-0.25, -0.2) is 9.78 Å². The summed E-state index contributed by atoms with van der Waals surface area (Å²) in [7, 11) is 1.72. The van der Waals surface area contributed by atoms with Crippen LogP contribution in [0.1, 0.15) is 27.3 Å². The number of aryl methyl sites for hydroxylation is 2. The van der Waals surface area contributed by atoms with Crippen LogP contribution in [0, 0.1) is 13.8 Å². The first-order chi connectivity index (χ1) is 11.5. The maximum Gasteiger partial charge on any atom is 0.343 e. The molecular formula is C16H16N4O3S. The smallest absolute Gasteiger partial charge is 0.343 e. The number of pyridine rings is 1. The highest BCUT2D eigenvalue weighted by Gasteiger charge is 2.19. The molecule has 3 aromatic heterocycles. The predicted octanol–water partition coefficient (Wildman–Crippen LogP) is 2.17. The molecule has 0 atom stereocenters. The lowest BCUT2D eigenvalue weighted by Gasteiger charge is -2.07. The minimum absolute atomic E-state index is 0.0725. The molecule has 3 rings (SSSR count). The second kappa shape index (κ2) is 6.40. The molecule has 0 amide bonds. The average molecular weight is 344 g/mol. The lowest BCUT2D eigenvalue weighted by molar-refractivity contribution is 0.0468. The Kier molecular flexibility index (Phi) is 4.30. The fraction of sp³-hybridized carbons (Fsp3) is 0.250. The Morgan fingerprint density at radius 3 is 2.92 bits per heavy atom. The van der Waals surface area contributed by atoms with Gasteiger partial charge in [-0.1, -0.05) is 0 Å². The molecule has 0 unspecified atom stereocenters. The molecule has 0 bridgehead atoms. The number of anilines is 1. The average Bonchev–Trinajstić information content (AvgIpc) is 2.93. The van der Waals surface area contributed by atoms with Crippen LogP contribution in [0.3, 0.4) is 0 Å². The summed E-state index contributed by atoms with van der Waals surface area (Å²) in [6, 6.07) is 5.01. The lowest BCUT2D eigenvalue weighted by atomic mass is 10.2. The summed E-state index contributed by atoms with van der Waals surface area (Å²) in [4.78, 5) is 28.8. The molecule has 0 aromatic carbocycles. The van der Waals surface area contributed by atoms with Crippen molar-refractivity contribution in [2.75, 3.05) is 12.4 Å². The number of aromatic nitrogens is 3. The third-order valence-corrected chi connectivity index (χ3v) is 4.48. The SMILES string of the molecule is CNc1snc(C)c1C(=O)OCc1cc(=O)n2ccc(C)cc2n1. The van der Waals surface area contributed by atoms with Crippen LogP contribution in [0.15, 0.2) is 29.2 Å². The molecule has 0 saturated carbocycles. The highest BCUT2D eigenvalue weighted by atomic mass is 32.1. The monoisotopic (exact) mass is 344 g/mol. The van der Waals surface area contributed by atoms with Crippen molar-refractivity contribution in [3.63, 3.8) is 0 Å². The number of carbonyl (C=O) groups is 1. The van der Waals surface area contributed by atoms with Gasteiger partial charge in [-0.2, -0.15) is 4.37 Å². The summed E-state index contributed by atoms with van der Waals surface area (Å²) in [6.45, 7) is 3.60. The molecule has 3 aromatic rings. The number of ether oxygens (including phenoxy) is 1. The topological polar surface area (TPSA) is 85.6 Å². The van der Waals surface area contributed by atoms with Crippen LogP contribution < -0.4 is 10.9 Å². The normalized spacial score (nSPS) is 10.8. The first-order valence-corrected chi connectivity index (χ1v) is 8.07. The van der Waals surface area contributed by atoms with E-state index >= 15 is 0 Å². The summed E-state index contributed by atoms with van der Waals surface area (Å²) in [5, 5.41) is 3.57. The van der Waals surface area contributed by atoms with Crippen molar-refractivity contribution in [1.29, 1.82) is 0 Å². The highest BCUT2D eigenvalue weighted by Crippen LogP contribution is 2.24. The van der Waals surface area contributed by atoms with Gasteiger partial charge < -0.3 is 10.1 Å². The van der Waals surface area contributed by atoms with E-state index in [1.54, 1.807) is 26.2 Å². The van der Waals surface area contributed by atoms with E-state index in [1.165, 1.54) is 22.0 Å². The Morgan fingerprint density at radius 2 is 2.17 bits per heavy atom. The molecule has 0 radical (unpaired) electrons. The summed E-state index contributed by atoms with van der Waals surface area (Å²) < 4.78 is 10.9. The summed E-state index contributed by atoms with van der Waals surface area (Å²) in [5.74, 6) is -0.489. The van der Waals surface area contributed by atoms with Gasteiger partial charge >= 0.3 is 5.97 Å². The molecule has 3 heterocycles. The molecule has 0 spiro atoms. The minimum Gasteiger partial charge on any atom is -0.455 e. The zero-order chi connectivity index (χ0) is 17.3. The van der Waals surface area contributed by atoms with Crippen LogP contribution in [0.2, 0.25) is 0 Å². The van der Waals surface area contributed by atoms with Crippen LogP contribution >= 0.6 is 11.5 Å². The standard InChI is InChI=1S/C16H16N4O3S/c1-9-4-5-20-12(6-9)18-11(7-13(20)21)8-23-16(22)14-10(2)19-24-15(14)17-3/h4-7,17H,8H2,1-3H3. The van der Waals surface area contributed by atoms with Crippen LogP contribution in [0.5, 0.6) is 0 Å². The van der Waals surface area contributed by atoms with Gasteiger partial charge in [0.05, 0.1) is 11.4 Å². The van der Waals surface area contributed by atoms with Crippen molar-refractivity contribution in [2.45, 2.75) is 20.5 Å². The Hall–Kier alpha value is -2.74. The Balaban J connectivity index is 1.84. The van der Waals surface area contributed by atoms with E-state index in [0.29, 0.717) is 27.6 Å². The van der Waals surface area contributed by atoms with Crippen LogP contribution in [-0.2, 0) is 11.3 Å². The molecule has 7 nitrogen and oxygen atoms in total. The number of hydrogen-bond acceptors (Lipinski definition) is 7. The maximum atomic E-state index is 12.3. The van der Waals surface area contributed by atoms with E-state index in [0.717, 1.165) is 5.56 Å². The number of esters is 1. The molecule has 124 valence electrons. The molecule has 0 aliphatic carbocycles. The van der Waals surface area contributed by atoms with Gasteiger partial charge in [-0.3, -0.25) is 9.20 Å². The molecule has 24 heavy (non-hydrogen) atoms. The second-order valence-corrected chi connectivity index (χ2v) is 6.09. The fourth-order valence-corrected chi connectivity index (χ4v) is 3.05. The summed E-state index contributed by atoms with van der Waals surface area (Å²) in [6.07, 6.45) is 1.68.